The average Bonchev–Trinajstić information content (AvgIpc) is 3.41. The first-order valence-electron chi connectivity index (χ1n) is 13.7. The van der Waals surface area contributed by atoms with Gasteiger partial charge in [-0.1, -0.05) is 35.1 Å². The summed E-state index contributed by atoms with van der Waals surface area (Å²) in [6.45, 7) is 7.00. The number of ether oxygens (including phenoxy) is 1. The molecule has 3 aromatic rings. The van der Waals surface area contributed by atoms with Gasteiger partial charge in [0.05, 0.1) is 16.9 Å². The van der Waals surface area contributed by atoms with Crippen LogP contribution < -0.4 is 15.5 Å². The van der Waals surface area contributed by atoms with E-state index in [0.717, 1.165) is 11.4 Å². The number of rotatable bonds is 12. The lowest BCUT2D eigenvalue weighted by Gasteiger charge is -2.35. The lowest BCUT2D eigenvalue weighted by molar-refractivity contribution is -0.148. The second-order valence-corrected chi connectivity index (χ2v) is 13.4. The first-order chi connectivity index (χ1) is 20.8. The zero-order chi connectivity index (χ0) is 32.0. The highest BCUT2D eigenvalue weighted by Gasteiger charge is 2.28. The molecule has 3 N–H and O–H groups in total. The Kier molecular flexibility index (Phi) is 11.1. The monoisotopic (exact) mass is 666 g/mol. The number of hydrogen-bond donors (Lipinski definition) is 3. The van der Waals surface area contributed by atoms with E-state index < -0.39 is 27.9 Å². The van der Waals surface area contributed by atoms with Gasteiger partial charge < -0.3 is 20.3 Å². The highest BCUT2D eigenvalue weighted by Crippen LogP contribution is 2.28. The van der Waals surface area contributed by atoms with Crippen LogP contribution in [0.15, 0.2) is 30.5 Å². The molecule has 44 heavy (non-hydrogen) atoms. The smallest absolute Gasteiger partial charge is 0.324 e. The lowest BCUT2D eigenvalue weighted by atomic mass is 10.2. The number of nitrogens with one attached hydrogen (secondary N) is 2. The van der Waals surface area contributed by atoms with Crippen LogP contribution in [-0.2, 0) is 19.6 Å². The van der Waals surface area contributed by atoms with E-state index in [1.165, 1.54) is 22.4 Å². The van der Waals surface area contributed by atoms with Gasteiger partial charge in [-0.25, -0.2) is 15.0 Å². The molecule has 14 nitrogen and oxygen atoms in total. The molecule has 0 saturated carbocycles. The minimum atomic E-state index is -4.33. The zero-order valence-electron chi connectivity index (χ0n) is 24.8. The quantitative estimate of drug-likeness (QED) is 0.191. The van der Waals surface area contributed by atoms with Gasteiger partial charge in [-0.2, -0.15) is 8.42 Å². The van der Waals surface area contributed by atoms with Gasteiger partial charge in [-0.05, 0) is 39.6 Å². The molecule has 0 aliphatic carbocycles. The number of nitrogens with zero attached hydrogens (tertiary/aromatic N) is 6. The molecule has 0 radical (unpaired) electrons. The van der Waals surface area contributed by atoms with Crippen molar-refractivity contribution in [2.45, 2.75) is 19.9 Å². The van der Waals surface area contributed by atoms with Crippen molar-refractivity contribution in [3.63, 3.8) is 0 Å². The van der Waals surface area contributed by atoms with Crippen LogP contribution in [0, 0.1) is 13.8 Å². The fourth-order valence-electron chi connectivity index (χ4n) is 4.49. The molecule has 1 atom stereocenters. The molecule has 4 rings (SSSR count). The van der Waals surface area contributed by atoms with E-state index in [1.807, 2.05) is 25.1 Å². The number of aromatic nitrogens is 3. The Hall–Kier alpha value is -3.41. The maximum absolute atomic E-state index is 12.8. The summed E-state index contributed by atoms with van der Waals surface area (Å²) >= 11 is 7.43. The van der Waals surface area contributed by atoms with Crippen LogP contribution in [0.25, 0.3) is 0 Å². The molecule has 1 amide bonds. The van der Waals surface area contributed by atoms with E-state index >= 15 is 0 Å². The van der Waals surface area contributed by atoms with E-state index in [4.69, 9.17) is 20.9 Å². The third kappa shape index (κ3) is 9.30. The number of hydrogen-bond acceptors (Lipinski definition) is 13. The molecule has 2 aromatic heterocycles. The van der Waals surface area contributed by atoms with Crippen LogP contribution in [0.3, 0.4) is 0 Å². The zero-order valence-corrected chi connectivity index (χ0v) is 27.2. The summed E-state index contributed by atoms with van der Waals surface area (Å²) in [7, 11) is -1.24. The lowest BCUT2D eigenvalue weighted by Crippen LogP contribution is -2.48. The Balaban J connectivity index is 1.29. The van der Waals surface area contributed by atoms with Gasteiger partial charge in [0.15, 0.2) is 5.13 Å². The predicted octanol–water partition coefficient (Wildman–Crippen LogP) is 2.68. The molecule has 17 heteroatoms. The number of thiazole rings is 1. The molecule has 0 unspecified atom stereocenters. The molecule has 1 saturated heterocycles. The SMILES string of the molecule is Cc1nc(Nc2ncc(C(=O)Nc3c(C)cccc3Cl)s2)cc(N2CCN(CCOC(=O)[C@H](CS(=O)(=O)O)N(C)C)CC2)n1. The van der Waals surface area contributed by atoms with E-state index in [0.29, 0.717) is 65.1 Å². The number of carbonyl (C=O) groups excluding carboxylic acids is 2. The van der Waals surface area contributed by atoms with Gasteiger partial charge >= 0.3 is 5.97 Å². The number of halogens is 1. The highest BCUT2D eigenvalue weighted by molar-refractivity contribution is 7.85. The standard InChI is InChI=1S/C27H35ClN8O6S2/c1-17-6-5-7-19(28)24(17)33-25(37)21-15-29-27(43-21)32-22-14-23(31-18(2)30-22)36-10-8-35(9-11-36)12-13-42-26(38)20(34(3)4)16-44(39,40)41/h5-7,14-15,20H,8-13,16H2,1-4H3,(H,33,37)(H,39,40,41)(H,29,30,31,32)/t20-/m0/s1. The van der Waals surface area contributed by atoms with Crippen molar-refractivity contribution in [1.82, 2.24) is 24.8 Å². The number of likely N-dealkylation sites (N-methyl/N-ethyl adjacent to an activating group) is 1. The molecule has 0 spiro atoms. The first kappa shape index (κ1) is 33.5. The number of piperazine rings is 1. The van der Waals surface area contributed by atoms with Crippen LogP contribution >= 0.6 is 22.9 Å². The summed E-state index contributed by atoms with van der Waals surface area (Å²) in [6, 6.07) is 6.15. The summed E-state index contributed by atoms with van der Waals surface area (Å²) < 4.78 is 36.9. The Morgan fingerprint density at radius 1 is 1.18 bits per heavy atom. The Morgan fingerprint density at radius 2 is 1.91 bits per heavy atom. The Bertz CT molecular complexity index is 1570. The van der Waals surface area contributed by atoms with Crippen LogP contribution in [0.5, 0.6) is 0 Å². The fourth-order valence-corrected chi connectivity index (χ4v) is 6.31. The molecule has 0 bridgehead atoms. The third-order valence-corrected chi connectivity index (χ3v) is 8.82. The summed E-state index contributed by atoms with van der Waals surface area (Å²) in [5, 5.41) is 6.98. The molecular weight excluding hydrogens is 632 g/mol. The Labute approximate surface area is 265 Å². The van der Waals surface area contributed by atoms with E-state index in [-0.39, 0.29) is 12.5 Å². The van der Waals surface area contributed by atoms with Gasteiger partial charge in [0.1, 0.15) is 40.7 Å². The molecule has 1 aliphatic heterocycles. The molecular formula is C27H35ClN8O6S2. The number of carbonyl (C=O) groups is 2. The van der Waals surface area contributed by atoms with Crippen LogP contribution in [0.4, 0.5) is 22.5 Å². The van der Waals surface area contributed by atoms with Crippen molar-refractivity contribution >= 4 is 67.4 Å². The number of amides is 1. The second kappa shape index (κ2) is 14.6. The molecule has 1 fully saturated rings. The highest BCUT2D eigenvalue weighted by atomic mass is 35.5. The molecule has 3 heterocycles. The maximum Gasteiger partial charge on any atom is 0.324 e. The van der Waals surface area contributed by atoms with E-state index in [9.17, 15) is 18.0 Å². The molecule has 1 aromatic carbocycles. The summed E-state index contributed by atoms with van der Waals surface area (Å²) in [4.78, 5) is 44.6. The van der Waals surface area contributed by atoms with Crippen molar-refractivity contribution in [1.29, 1.82) is 0 Å². The van der Waals surface area contributed by atoms with Crippen LogP contribution in [0.1, 0.15) is 21.1 Å². The summed E-state index contributed by atoms with van der Waals surface area (Å²) in [5.74, 6) is 0.123. The Morgan fingerprint density at radius 3 is 2.57 bits per heavy atom. The van der Waals surface area contributed by atoms with Gasteiger partial charge in [-0.3, -0.25) is 23.9 Å². The van der Waals surface area contributed by atoms with Crippen LogP contribution in [-0.4, -0.2) is 115 Å². The number of para-hydroxylation sites is 1. The summed E-state index contributed by atoms with van der Waals surface area (Å²) in [5.41, 5.74) is 1.42. The predicted molar refractivity (Wildman–Crippen MR) is 170 cm³/mol. The second-order valence-electron chi connectivity index (χ2n) is 10.4. The van der Waals surface area contributed by atoms with Crippen molar-refractivity contribution in [2.24, 2.45) is 0 Å². The maximum atomic E-state index is 12.8. The number of benzene rings is 1. The topological polar surface area (TPSA) is 170 Å². The van der Waals surface area contributed by atoms with Crippen molar-refractivity contribution in [3.05, 3.63) is 51.7 Å². The van der Waals surface area contributed by atoms with Crippen molar-refractivity contribution in [3.8, 4) is 0 Å². The number of aryl methyl sites for hydroxylation is 2. The average molecular weight is 667 g/mol. The molecule has 1 aliphatic rings. The van der Waals surface area contributed by atoms with Gasteiger partial charge in [-0.15, -0.1) is 0 Å². The number of esters is 1. The number of anilines is 4. The van der Waals surface area contributed by atoms with E-state index in [1.54, 1.807) is 27.1 Å². The largest absolute Gasteiger partial charge is 0.463 e. The third-order valence-electron chi connectivity index (χ3n) is 6.86. The first-order valence-corrected chi connectivity index (χ1v) is 16.5. The van der Waals surface area contributed by atoms with E-state index in [2.05, 4.69) is 35.4 Å². The normalized spacial score (nSPS) is 14.8. The van der Waals surface area contributed by atoms with Gasteiger partial charge in [0, 0.05) is 38.8 Å². The fraction of sp³-hybridized carbons (Fsp3) is 0.444. The summed E-state index contributed by atoms with van der Waals surface area (Å²) in [6.07, 6.45) is 1.50. The minimum Gasteiger partial charge on any atom is -0.463 e. The minimum absolute atomic E-state index is 0.0984. The van der Waals surface area contributed by atoms with Gasteiger partial charge in [0.25, 0.3) is 16.0 Å². The van der Waals surface area contributed by atoms with Crippen molar-refractivity contribution < 1.29 is 27.3 Å². The van der Waals surface area contributed by atoms with Crippen LogP contribution in [0.2, 0.25) is 5.02 Å². The molecule has 238 valence electrons. The van der Waals surface area contributed by atoms with Gasteiger partial charge in [0.2, 0.25) is 0 Å². The van der Waals surface area contributed by atoms with Crippen molar-refractivity contribution in [2.75, 3.05) is 74.7 Å².